The molecule has 3 aromatic rings. The van der Waals surface area contributed by atoms with Crippen molar-refractivity contribution in [2.45, 2.75) is 13.5 Å². The predicted molar refractivity (Wildman–Crippen MR) is 98.1 cm³/mol. The molecule has 130 valence electrons. The van der Waals surface area contributed by atoms with Gasteiger partial charge < -0.3 is 21.3 Å². The van der Waals surface area contributed by atoms with E-state index in [1.165, 1.54) is 0 Å². The molecule has 3 rings (SSSR count). The van der Waals surface area contributed by atoms with Gasteiger partial charge in [-0.1, -0.05) is 6.07 Å². The van der Waals surface area contributed by atoms with Crippen LogP contribution in [0.4, 0.5) is 17.3 Å². The zero-order valence-electron chi connectivity index (χ0n) is 13.9. The lowest BCUT2D eigenvalue weighted by Gasteiger charge is -2.11. The van der Waals surface area contributed by atoms with Gasteiger partial charge >= 0.3 is 0 Å². The minimum atomic E-state index is -0.0924. The van der Waals surface area contributed by atoms with Gasteiger partial charge in [0.15, 0.2) is 0 Å². The summed E-state index contributed by atoms with van der Waals surface area (Å²) in [5.74, 6) is 0.432. The van der Waals surface area contributed by atoms with Crippen LogP contribution in [0.25, 0.3) is 11.3 Å². The molecule has 0 saturated carbocycles. The van der Waals surface area contributed by atoms with E-state index in [0.29, 0.717) is 17.3 Å². The third-order valence-electron chi connectivity index (χ3n) is 3.16. The lowest BCUT2D eigenvalue weighted by molar-refractivity contribution is 0.282. The maximum Gasteiger partial charge on any atom is 0.227 e. The first kappa shape index (κ1) is 18.3. The number of aliphatic hydroxyl groups excluding tert-OH is 2. The number of nitrogens with two attached hydrogens (primary N) is 1. The molecule has 0 amide bonds. The van der Waals surface area contributed by atoms with Crippen molar-refractivity contribution in [2.75, 3.05) is 17.7 Å². The second kappa shape index (κ2) is 9.31. The number of nitrogen functional groups attached to an aromatic ring is 1. The average molecular weight is 339 g/mol. The largest absolute Gasteiger partial charge is 0.399 e. The van der Waals surface area contributed by atoms with Crippen molar-refractivity contribution < 1.29 is 10.2 Å². The number of benzene rings is 1. The molecular formula is C18H21N5O2. The Morgan fingerprint density at radius 1 is 1.12 bits per heavy atom. The molecule has 0 aliphatic heterocycles. The van der Waals surface area contributed by atoms with Crippen molar-refractivity contribution in [1.29, 1.82) is 0 Å². The summed E-state index contributed by atoms with van der Waals surface area (Å²) in [7, 11) is 0. The fraction of sp³-hybridized carbons (Fsp3) is 0.167. The van der Waals surface area contributed by atoms with E-state index in [9.17, 15) is 5.11 Å². The Kier molecular flexibility index (Phi) is 6.82. The van der Waals surface area contributed by atoms with Gasteiger partial charge in [-0.15, -0.1) is 0 Å². The molecule has 0 spiro atoms. The molecule has 7 nitrogen and oxygen atoms in total. The summed E-state index contributed by atoms with van der Waals surface area (Å²) >= 11 is 0. The predicted octanol–water partition coefficient (Wildman–Crippen LogP) is 2.36. The highest BCUT2D eigenvalue weighted by Crippen LogP contribution is 2.23. The SMILES string of the molecule is CCO.Nc1ccc(CO)c(Nc2nccc(-c3cccnc3)n2)c1. The first-order valence-corrected chi connectivity index (χ1v) is 7.78. The van der Waals surface area contributed by atoms with Gasteiger partial charge in [0.2, 0.25) is 5.95 Å². The number of nitrogens with one attached hydrogen (secondary N) is 1. The standard InChI is InChI=1S/C16H15N5O.C2H6O/c17-13-4-3-12(10-22)15(8-13)21-16-19-7-5-14(20-16)11-2-1-6-18-9-11;1-2-3/h1-9,22H,10,17H2,(H,19,20,21);3H,2H2,1H3. The summed E-state index contributed by atoms with van der Waals surface area (Å²) in [5, 5.41) is 20.1. The van der Waals surface area contributed by atoms with Gasteiger partial charge in [-0.25, -0.2) is 9.97 Å². The molecule has 0 radical (unpaired) electrons. The van der Waals surface area contributed by atoms with E-state index in [-0.39, 0.29) is 13.2 Å². The van der Waals surface area contributed by atoms with E-state index >= 15 is 0 Å². The van der Waals surface area contributed by atoms with Crippen LogP contribution in [0.2, 0.25) is 0 Å². The molecule has 25 heavy (non-hydrogen) atoms. The second-order valence-electron chi connectivity index (χ2n) is 5.02. The Balaban J connectivity index is 0.000000701. The summed E-state index contributed by atoms with van der Waals surface area (Å²) in [6.07, 6.45) is 5.12. The van der Waals surface area contributed by atoms with E-state index in [2.05, 4.69) is 20.3 Å². The summed E-state index contributed by atoms with van der Waals surface area (Å²) in [4.78, 5) is 12.7. The molecule has 0 fully saturated rings. The minimum absolute atomic E-state index is 0.0924. The van der Waals surface area contributed by atoms with Gasteiger partial charge in [0, 0.05) is 47.7 Å². The first-order valence-electron chi connectivity index (χ1n) is 7.78. The number of aliphatic hydroxyl groups is 2. The summed E-state index contributed by atoms with van der Waals surface area (Å²) in [6, 6.07) is 10.8. The van der Waals surface area contributed by atoms with Crippen LogP contribution in [0.1, 0.15) is 12.5 Å². The van der Waals surface area contributed by atoms with Gasteiger partial charge in [-0.2, -0.15) is 0 Å². The highest BCUT2D eigenvalue weighted by Gasteiger charge is 2.06. The average Bonchev–Trinajstić information content (AvgIpc) is 2.64. The van der Waals surface area contributed by atoms with E-state index < -0.39 is 0 Å². The lowest BCUT2D eigenvalue weighted by atomic mass is 10.1. The normalized spacial score (nSPS) is 9.88. The molecule has 0 saturated heterocycles. The Labute approximate surface area is 146 Å². The molecule has 0 bridgehead atoms. The first-order chi connectivity index (χ1) is 12.2. The molecule has 0 unspecified atom stereocenters. The van der Waals surface area contributed by atoms with Crippen molar-refractivity contribution in [3.8, 4) is 11.3 Å². The highest BCUT2D eigenvalue weighted by atomic mass is 16.3. The van der Waals surface area contributed by atoms with Crippen molar-refractivity contribution in [3.63, 3.8) is 0 Å². The highest BCUT2D eigenvalue weighted by molar-refractivity contribution is 5.66. The smallest absolute Gasteiger partial charge is 0.227 e. The van der Waals surface area contributed by atoms with Crippen LogP contribution in [0.15, 0.2) is 55.0 Å². The van der Waals surface area contributed by atoms with Crippen LogP contribution in [-0.2, 0) is 6.61 Å². The monoisotopic (exact) mass is 339 g/mol. The van der Waals surface area contributed by atoms with Gasteiger partial charge in [-0.05, 0) is 37.3 Å². The molecule has 0 atom stereocenters. The molecule has 2 aromatic heterocycles. The third kappa shape index (κ3) is 5.23. The van der Waals surface area contributed by atoms with E-state index in [1.807, 2.05) is 18.2 Å². The number of hydrogen-bond donors (Lipinski definition) is 4. The number of rotatable bonds is 4. The quantitative estimate of drug-likeness (QED) is 0.539. The zero-order valence-corrected chi connectivity index (χ0v) is 13.9. The molecule has 2 heterocycles. The Morgan fingerprint density at radius 2 is 1.92 bits per heavy atom. The van der Waals surface area contributed by atoms with Gasteiger partial charge in [0.05, 0.1) is 12.3 Å². The van der Waals surface area contributed by atoms with Gasteiger partial charge in [-0.3, -0.25) is 4.98 Å². The van der Waals surface area contributed by atoms with Crippen LogP contribution in [0, 0.1) is 0 Å². The Bertz CT molecular complexity index is 796. The fourth-order valence-corrected chi connectivity index (χ4v) is 2.06. The summed E-state index contributed by atoms with van der Waals surface area (Å²) in [5.41, 5.74) is 9.47. The van der Waals surface area contributed by atoms with Crippen LogP contribution in [0.5, 0.6) is 0 Å². The molecule has 7 heteroatoms. The molecule has 1 aromatic carbocycles. The van der Waals surface area contributed by atoms with Crippen LogP contribution in [0.3, 0.4) is 0 Å². The number of nitrogens with zero attached hydrogens (tertiary/aromatic N) is 3. The Morgan fingerprint density at radius 3 is 2.60 bits per heavy atom. The van der Waals surface area contributed by atoms with E-state index in [4.69, 9.17) is 10.8 Å². The number of aromatic nitrogens is 3. The minimum Gasteiger partial charge on any atom is -0.399 e. The molecule has 0 aliphatic carbocycles. The topological polar surface area (TPSA) is 117 Å². The third-order valence-corrected chi connectivity index (χ3v) is 3.16. The van der Waals surface area contributed by atoms with Crippen molar-refractivity contribution in [1.82, 2.24) is 15.0 Å². The molecule has 5 N–H and O–H groups in total. The van der Waals surface area contributed by atoms with Gasteiger partial charge in [0.25, 0.3) is 0 Å². The van der Waals surface area contributed by atoms with Crippen LogP contribution < -0.4 is 11.1 Å². The fourth-order valence-electron chi connectivity index (χ4n) is 2.06. The van der Waals surface area contributed by atoms with Crippen molar-refractivity contribution in [3.05, 3.63) is 60.6 Å². The Hall–Kier alpha value is -3.03. The van der Waals surface area contributed by atoms with E-state index in [0.717, 1.165) is 16.8 Å². The summed E-state index contributed by atoms with van der Waals surface area (Å²) < 4.78 is 0. The van der Waals surface area contributed by atoms with Crippen molar-refractivity contribution >= 4 is 17.3 Å². The van der Waals surface area contributed by atoms with Gasteiger partial charge in [0.1, 0.15) is 0 Å². The molecular weight excluding hydrogens is 318 g/mol. The zero-order chi connectivity index (χ0) is 18.1. The lowest BCUT2D eigenvalue weighted by Crippen LogP contribution is -2.02. The maximum atomic E-state index is 9.39. The van der Waals surface area contributed by atoms with E-state index in [1.54, 1.807) is 43.7 Å². The maximum absolute atomic E-state index is 9.39. The molecule has 0 aliphatic rings. The number of hydrogen-bond acceptors (Lipinski definition) is 7. The van der Waals surface area contributed by atoms with Crippen LogP contribution >= 0.6 is 0 Å². The summed E-state index contributed by atoms with van der Waals surface area (Å²) in [6.45, 7) is 1.84. The van der Waals surface area contributed by atoms with Crippen LogP contribution in [-0.4, -0.2) is 31.8 Å². The number of pyridine rings is 1. The second-order valence-corrected chi connectivity index (χ2v) is 5.02. The van der Waals surface area contributed by atoms with Crippen molar-refractivity contribution in [2.24, 2.45) is 0 Å². The number of anilines is 3.